The summed E-state index contributed by atoms with van der Waals surface area (Å²) in [6, 6.07) is 8.98. The summed E-state index contributed by atoms with van der Waals surface area (Å²) in [5, 5.41) is 5.61. The smallest absolute Gasteiger partial charge is 0.319 e. The number of benzene rings is 1. The van der Waals surface area contributed by atoms with Gasteiger partial charge in [0.15, 0.2) is 15.7 Å². The zero-order chi connectivity index (χ0) is 26.3. The highest BCUT2D eigenvalue weighted by atomic mass is 32.2. The van der Waals surface area contributed by atoms with E-state index in [-0.39, 0.29) is 18.1 Å². The number of hydrogen-bond acceptors (Lipinski definition) is 7. The molecule has 2 fully saturated rings. The van der Waals surface area contributed by atoms with Gasteiger partial charge in [0.1, 0.15) is 10.6 Å². The van der Waals surface area contributed by atoms with Crippen LogP contribution in [0.15, 0.2) is 30.3 Å². The first-order chi connectivity index (χ1) is 16.8. The third-order valence-corrected chi connectivity index (χ3v) is 9.95. The molecule has 1 saturated heterocycles. The van der Waals surface area contributed by atoms with E-state index in [0.717, 1.165) is 5.56 Å². The highest BCUT2D eigenvalue weighted by Crippen LogP contribution is 2.56. The summed E-state index contributed by atoms with van der Waals surface area (Å²) >= 11 is 0. The SMILES string of the molecule is CC(C)NC(=O)Nc1ccc(-c2nc(N3CCOC[C@@H]3C)cc(C3(S(=O)(=O)C(C)(C)C)CC3)n2)cc1. The molecule has 0 bridgehead atoms. The Kier molecular flexibility index (Phi) is 7.04. The Balaban J connectivity index is 1.74. The van der Waals surface area contributed by atoms with Crippen molar-refractivity contribution in [3.05, 3.63) is 36.0 Å². The summed E-state index contributed by atoms with van der Waals surface area (Å²) in [5.41, 5.74) is 1.94. The van der Waals surface area contributed by atoms with E-state index in [1.807, 2.05) is 32.0 Å². The van der Waals surface area contributed by atoms with Gasteiger partial charge in [-0.1, -0.05) is 0 Å². The molecule has 10 heteroatoms. The maximum Gasteiger partial charge on any atom is 0.319 e. The van der Waals surface area contributed by atoms with Crippen molar-refractivity contribution < 1.29 is 17.9 Å². The number of amides is 2. The number of urea groups is 1. The maximum absolute atomic E-state index is 13.6. The Hall–Kier alpha value is -2.72. The number of carbonyl (C=O) groups excluding carboxylic acids is 1. The number of carbonyl (C=O) groups is 1. The molecule has 2 aliphatic rings. The topological polar surface area (TPSA) is 114 Å². The minimum atomic E-state index is -3.50. The molecule has 0 unspecified atom stereocenters. The number of morpholine rings is 1. The Labute approximate surface area is 214 Å². The maximum atomic E-state index is 13.6. The molecular formula is C26H37N5O4S. The van der Waals surface area contributed by atoms with E-state index in [2.05, 4.69) is 22.5 Å². The van der Waals surface area contributed by atoms with Gasteiger partial charge in [-0.15, -0.1) is 0 Å². The predicted octanol–water partition coefficient (Wildman–Crippen LogP) is 4.10. The van der Waals surface area contributed by atoms with E-state index in [4.69, 9.17) is 14.7 Å². The standard InChI is InChI=1S/C26H37N5O4S/c1-17(2)27-24(32)28-20-9-7-19(8-10-20)23-29-21(26(11-12-26)36(33,34)25(4,5)6)15-22(30-23)31-13-14-35-16-18(31)3/h7-10,15,17-18H,11-14,16H2,1-6H3,(H2,27,28,32)/t18-/m0/s1. The van der Waals surface area contributed by atoms with Crippen LogP contribution in [-0.2, 0) is 19.3 Å². The molecule has 1 aliphatic heterocycles. The van der Waals surface area contributed by atoms with E-state index >= 15 is 0 Å². The van der Waals surface area contributed by atoms with Crippen molar-refractivity contribution in [1.29, 1.82) is 0 Å². The van der Waals surface area contributed by atoms with Crippen LogP contribution in [0.4, 0.5) is 16.3 Å². The van der Waals surface area contributed by atoms with Gasteiger partial charge in [0.05, 0.1) is 29.7 Å². The molecule has 0 radical (unpaired) electrons. The number of rotatable bonds is 6. The quantitative estimate of drug-likeness (QED) is 0.595. The summed E-state index contributed by atoms with van der Waals surface area (Å²) < 4.78 is 31.0. The highest BCUT2D eigenvalue weighted by Gasteiger charge is 2.61. The third-order valence-electron chi connectivity index (χ3n) is 6.69. The van der Waals surface area contributed by atoms with Gasteiger partial charge in [0, 0.05) is 29.9 Å². The van der Waals surface area contributed by atoms with Gasteiger partial charge in [-0.2, -0.15) is 0 Å². The van der Waals surface area contributed by atoms with E-state index in [1.165, 1.54) is 0 Å². The number of nitrogens with one attached hydrogen (secondary N) is 2. The predicted molar refractivity (Wildman–Crippen MR) is 142 cm³/mol. The second-order valence-electron chi connectivity index (χ2n) is 11.0. The van der Waals surface area contributed by atoms with Crippen molar-refractivity contribution in [2.75, 3.05) is 30.0 Å². The van der Waals surface area contributed by atoms with E-state index in [9.17, 15) is 13.2 Å². The van der Waals surface area contributed by atoms with Gasteiger partial charge in [-0.05, 0) is 78.6 Å². The molecule has 2 amide bonds. The van der Waals surface area contributed by atoms with Crippen LogP contribution in [0.3, 0.4) is 0 Å². The number of ether oxygens (including phenoxy) is 1. The lowest BCUT2D eigenvalue weighted by atomic mass is 10.1. The van der Waals surface area contributed by atoms with Crippen molar-refractivity contribution in [2.24, 2.45) is 0 Å². The largest absolute Gasteiger partial charge is 0.377 e. The first-order valence-corrected chi connectivity index (χ1v) is 14.0. The number of hydrogen-bond donors (Lipinski definition) is 2. The van der Waals surface area contributed by atoms with Crippen molar-refractivity contribution in [3.63, 3.8) is 0 Å². The molecule has 36 heavy (non-hydrogen) atoms. The lowest BCUT2D eigenvalue weighted by Gasteiger charge is -2.35. The first kappa shape index (κ1) is 26.3. The van der Waals surface area contributed by atoms with Crippen molar-refractivity contribution in [3.8, 4) is 11.4 Å². The molecule has 196 valence electrons. The van der Waals surface area contributed by atoms with Crippen LogP contribution in [0, 0.1) is 0 Å². The normalized spacial score (nSPS) is 19.8. The van der Waals surface area contributed by atoms with Crippen molar-refractivity contribution >= 4 is 27.4 Å². The van der Waals surface area contributed by atoms with Crippen molar-refractivity contribution in [1.82, 2.24) is 15.3 Å². The molecule has 2 heterocycles. The van der Waals surface area contributed by atoms with Crippen LogP contribution in [-0.4, -0.2) is 61.0 Å². The Bertz CT molecular complexity index is 1220. The summed E-state index contributed by atoms with van der Waals surface area (Å²) in [4.78, 5) is 23.9. The van der Waals surface area contributed by atoms with Gasteiger partial charge in [0.25, 0.3) is 0 Å². The molecule has 2 N–H and O–H groups in total. The van der Waals surface area contributed by atoms with Crippen LogP contribution in [0.5, 0.6) is 0 Å². The summed E-state index contributed by atoms with van der Waals surface area (Å²) in [5.74, 6) is 1.18. The summed E-state index contributed by atoms with van der Waals surface area (Å²) in [6.07, 6.45) is 1.10. The molecular weight excluding hydrogens is 478 g/mol. The van der Waals surface area contributed by atoms with Crippen LogP contribution < -0.4 is 15.5 Å². The minimum Gasteiger partial charge on any atom is -0.377 e. The van der Waals surface area contributed by atoms with Gasteiger partial charge in [-0.25, -0.2) is 23.2 Å². The van der Waals surface area contributed by atoms with Gasteiger partial charge < -0.3 is 20.3 Å². The van der Waals surface area contributed by atoms with Crippen LogP contribution in [0.2, 0.25) is 0 Å². The van der Waals surface area contributed by atoms with Gasteiger partial charge >= 0.3 is 6.03 Å². The Morgan fingerprint density at radius 2 is 1.83 bits per heavy atom. The molecule has 4 rings (SSSR count). The molecule has 2 aromatic rings. The minimum absolute atomic E-state index is 0.0283. The number of aromatic nitrogens is 2. The summed E-state index contributed by atoms with van der Waals surface area (Å²) in [6.45, 7) is 12.9. The van der Waals surface area contributed by atoms with Crippen molar-refractivity contribution in [2.45, 2.75) is 76.0 Å². The zero-order valence-electron chi connectivity index (χ0n) is 22.0. The monoisotopic (exact) mass is 515 g/mol. The Morgan fingerprint density at radius 1 is 1.17 bits per heavy atom. The number of sulfone groups is 1. The average molecular weight is 516 g/mol. The summed E-state index contributed by atoms with van der Waals surface area (Å²) in [7, 11) is -3.50. The fourth-order valence-electron chi connectivity index (χ4n) is 4.51. The van der Waals surface area contributed by atoms with Crippen LogP contribution in [0.25, 0.3) is 11.4 Å². The zero-order valence-corrected chi connectivity index (χ0v) is 22.8. The fraction of sp³-hybridized carbons (Fsp3) is 0.577. The van der Waals surface area contributed by atoms with Gasteiger partial charge in [-0.3, -0.25) is 0 Å². The second-order valence-corrected chi connectivity index (χ2v) is 14.0. The molecule has 0 spiro atoms. The van der Waals surface area contributed by atoms with Gasteiger partial charge in [0.2, 0.25) is 0 Å². The first-order valence-electron chi connectivity index (χ1n) is 12.5. The highest BCUT2D eigenvalue weighted by molar-refractivity contribution is 7.94. The molecule has 1 aromatic heterocycles. The second kappa shape index (κ2) is 9.63. The number of nitrogens with zero attached hydrogens (tertiary/aromatic N) is 3. The molecule has 1 atom stereocenters. The number of anilines is 2. The van der Waals surface area contributed by atoms with Crippen LogP contribution >= 0.6 is 0 Å². The molecule has 9 nitrogen and oxygen atoms in total. The third kappa shape index (κ3) is 5.06. The molecule has 1 saturated carbocycles. The molecule has 1 aliphatic carbocycles. The van der Waals surface area contributed by atoms with E-state index in [0.29, 0.717) is 55.6 Å². The average Bonchev–Trinajstić information content (AvgIpc) is 3.61. The lowest BCUT2D eigenvalue weighted by Crippen LogP contribution is -2.44. The van der Waals surface area contributed by atoms with Crippen LogP contribution in [0.1, 0.15) is 60.1 Å². The Morgan fingerprint density at radius 3 is 2.39 bits per heavy atom. The van der Waals surface area contributed by atoms with E-state index < -0.39 is 19.3 Å². The molecule has 1 aromatic carbocycles. The fourth-order valence-corrected chi connectivity index (χ4v) is 6.70. The van der Waals surface area contributed by atoms with E-state index in [1.54, 1.807) is 32.9 Å². The lowest BCUT2D eigenvalue weighted by molar-refractivity contribution is 0.0985.